The van der Waals surface area contributed by atoms with Crippen LogP contribution in [0.5, 0.6) is 0 Å². The third-order valence-electron chi connectivity index (χ3n) is 7.38. The van der Waals surface area contributed by atoms with E-state index in [0.29, 0.717) is 11.8 Å². The van der Waals surface area contributed by atoms with Crippen molar-refractivity contribution in [2.45, 2.75) is 31.5 Å². The molecule has 3 aliphatic rings. The molecule has 0 amide bonds. The molecule has 6 rings (SSSR count). The molecule has 29 heavy (non-hydrogen) atoms. The van der Waals surface area contributed by atoms with Crippen molar-refractivity contribution >= 4 is 10.9 Å². The summed E-state index contributed by atoms with van der Waals surface area (Å²) in [4.78, 5) is 4.50. The molecule has 2 bridgehead atoms. The Morgan fingerprint density at radius 1 is 1.10 bits per heavy atom. The van der Waals surface area contributed by atoms with Gasteiger partial charge in [-0.1, -0.05) is 54.6 Å². The third-order valence-corrected chi connectivity index (χ3v) is 7.38. The van der Waals surface area contributed by atoms with Crippen LogP contribution < -0.4 is 0 Å². The zero-order valence-electron chi connectivity index (χ0n) is 16.8. The summed E-state index contributed by atoms with van der Waals surface area (Å²) in [5.41, 5.74) is 3.33. The molecule has 148 valence electrons. The number of pyridine rings is 1. The molecule has 4 unspecified atom stereocenters. The maximum absolute atomic E-state index is 11.7. The van der Waals surface area contributed by atoms with Gasteiger partial charge in [0.25, 0.3) is 0 Å². The minimum atomic E-state index is -0.486. The maximum Gasteiger partial charge on any atom is 0.131 e. The molecule has 2 aromatic carbocycles. The standard InChI is InChI=1S/C26H29N2O/c1-2-20-18-28(17-19-8-4-3-5-9-19)15-13-21(20)16-25(28)26(29)23-12-14-27-24-11-7-6-10-22(23)24/h2-12,14,20-21,25-26,29H,1,13,15-18H2/q+1/t20?,21?,25?,26-,28?/m0/s1. The molecule has 3 nitrogen and oxygen atoms in total. The summed E-state index contributed by atoms with van der Waals surface area (Å²) in [5.74, 6) is 1.18. The molecule has 3 aromatic rings. The molecule has 0 saturated carbocycles. The predicted molar refractivity (Wildman–Crippen MR) is 117 cm³/mol. The van der Waals surface area contributed by atoms with Gasteiger partial charge in [-0.2, -0.15) is 0 Å². The number of quaternary nitrogens is 1. The van der Waals surface area contributed by atoms with Crippen LogP contribution >= 0.6 is 0 Å². The van der Waals surface area contributed by atoms with Crippen LogP contribution in [-0.2, 0) is 6.54 Å². The van der Waals surface area contributed by atoms with Crippen molar-refractivity contribution in [2.75, 3.05) is 13.1 Å². The summed E-state index contributed by atoms with van der Waals surface area (Å²) in [6.07, 6.45) is 5.79. The molecule has 3 fully saturated rings. The Labute approximate surface area is 172 Å². The largest absolute Gasteiger partial charge is 0.382 e. The lowest BCUT2D eigenvalue weighted by Gasteiger charge is -2.58. The van der Waals surface area contributed by atoms with Gasteiger partial charge in [-0.05, 0) is 23.6 Å². The van der Waals surface area contributed by atoms with Gasteiger partial charge < -0.3 is 9.59 Å². The molecular formula is C26H29N2O+. The zero-order valence-corrected chi connectivity index (χ0v) is 16.8. The first kappa shape index (κ1) is 18.5. The van der Waals surface area contributed by atoms with Crippen molar-refractivity contribution in [2.24, 2.45) is 11.8 Å². The lowest BCUT2D eigenvalue weighted by Crippen LogP contribution is -2.67. The molecule has 5 atom stereocenters. The van der Waals surface area contributed by atoms with Crippen molar-refractivity contribution < 1.29 is 9.59 Å². The van der Waals surface area contributed by atoms with Crippen LogP contribution in [0.2, 0.25) is 0 Å². The SMILES string of the molecule is C=CC1C[N+]2(Cc3ccccc3)CCC1CC2[C@@H](O)c1ccnc2ccccc12. The quantitative estimate of drug-likeness (QED) is 0.502. The van der Waals surface area contributed by atoms with Gasteiger partial charge in [0.15, 0.2) is 0 Å². The molecule has 1 aromatic heterocycles. The first-order valence-corrected chi connectivity index (χ1v) is 10.7. The van der Waals surface area contributed by atoms with Crippen molar-refractivity contribution in [1.82, 2.24) is 4.98 Å². The highest BCUT2D eigenvalue weighted by Gasteiger charge is 2.53. The van der Waals surface area contributed by atoms with Gasteiger partial charge in [-0.25, -0.2) is 0 Å². The number of piperidine rings is 3. The number of rotatable bonds is 5. The number of hydrogen-bond acceptors (Lipinski definition) is 2. The number of hydrogen-bond donors (Lipinski definition) is 1. The number of benzene rings is 2. The number of fused-ring (bicyclic) bond motifs is 4. The second-order valence-corrected chi connectivity index (χ2v) is 8.88. The summed E-state index contributed by atoms with van der Waals surface area (Å²) < 4.78 is 0.953. The van der Waals surface area contributed by atoms with Crippen molar-refractivity contribution in [1.29, 1.82) is 0 Å². The van der Waals surface area contributed by atoms with Crippen LogP contribution in [0, 0.1) is 11.8 Å². The number of para-hydroxylation sites is 1. The highest BCUT2D eigenvalue weighted by atomic mass is 16.3. The average molecular weight is 386 g/mol. The number of aliphatic hydroxyl groups is 1. The van der Waals surface area contributed by atoms with E-state index >= 15 is 0 Å². The molecule has 4 heterocycles. The van der Waals surface area contributed by atoms with Crippen LogP contribution in [0.15, 0.2) is 79.5 Å². The molecule has 3 saturated heterocycles. The molecule has 1 N–H and O–H groups in total. The van der Waals surface area contributed by atoms with Crippen molar-refractivity contribution in [3.05, 3.63) is 90.6 Å². The van der Waals surface area contributed by atoms with E-state index in [1.807, 2.05) is 30.5 Å². The van der Waals surface area contributed by atoms with Crippen LogP contribution in [0.4, 0.5) is 0 Å². The maximum atomic E-state index is 11.7. The van der Waals surface area contributed by atoms with Crippen LogP contribution in [0.1, 0.15) is 30.1 Å². The Kier molecular flexibility index (Phi) is 4.73. The van der Waals surface area contributed by atoms with Crippen molar-refractivity contribution in [3.63, 3.8) is 0 Å². The Morgan fingerprint density at radius 3 is 2.72 bits per heavy atom. The summed E-state index contributed by atoms with van der Waals surface area (Å²) in [7, 11) is 0. The lowest BCUT2D eigenvalue weighted by atomic mass is 9.71. The fourth-order valence-corrected chi connectivity index (χ4v) is 5.91. The van der Waals surface area contributed by atoms with Gasteiger partial charge in [-0.15, -0.1) is 6.58 Å². The van der Waals surface area contributed by atoms with E-state index in [9.17, 15) is 5.11 Å². The molecule has 3 aliphatic heterocycles. The Bertz CT molecular complexity index is 1010. The molecule has 3 heteroatoms. The van der Waals surface area contributed by atoms with Gasteiger partial charge in [0.1, 0.15) is 18.7 Å². The Morgan fingerprint density at radius 2 is 1.90 bits per heavy atom. The van der Waals surface area contributed by atoms with Crippen LogP contribution in [-0.4, -0.2) is 33.7 Å². The van der Waals surface area contributed by atoms with Gasteiger partial charge in [0.05, 0.1) is 18.6 Å². The highest BCUT2D eigenvalue weighted by molar-refractivity contribution is 5.82. The minimum absolute atomic E-state index is 0.205. The third kappa shape index (κ3) is 3.19. The van der Waals surface area contributed by atoms with Gasteiger partial charge >= 0.3 is 0 Å². The minimum Gasteiger partial charge on any atom is -0.382 e. The summed E-state index contributed by atoms with van der Waals surface area (Å²) in [6, 6.07) is 21.2. The van der Waals surface area contributed by atoms with E-state index in [1.54, 1.807) is 0 Å². The van der Waals surface area contributed by atoms with E-state index < -0.39 is 6.10 Å². The normalized spacial score (nSPS) is 29.6. The molecule has 0 radical (unpaired) electrons. The first-order valence-electron chi connectivity index (χ1n) is 10.7. The lowest BCUT2D eigenvalue weighted by molar-refractivity contribution is -0.984. The number of nitrogens with zero attached hydrogens (tertiary/aromatic N) is 2. The fourth-order valence-electron chi connectivity index (χ4n) is 5.91. The number of aliphatic hydroxyl groups excluding tert-OH is 1. The fraction of sp³-hybridized carbons (Fsp3) is 0.346. The second kappa shape index (κ2) is 7.40. The van der Waals surface area contributed by atoms with Gasteiger partial charge in [-0.3, -0.25) is 4.98 Å². The average Bonchev–Trinajstić information content (AvgIpc) is 2.78. The van der Waals surface area contributed by atoms with E-state index in [-0.39, 0.29) is 6.04 Å². The summed E-state index contributed by atoms with van der Waals surface area (Å²) >= 11 is 0. The number of aromatic nitrogens is 1. The molecular weight excluding hydrogens is 356 g/mol. The topological polar surface area (TPSA) is 33.1 Å². The first-order chi connectivity index (χ1) is 14.2. The van der Waals surface area contributed by atoms with E-state index in [1.165, 1.54) is 12.0 Å². The van der Waals surface area contributed by atoms with Crippen LogP contribution in [0.25, 0.3) is 10.9 Å². The Balaban J connectivity index is 1.56. The summed E-state index contributed by atoms with van der Waals surface area (Å²) in [5, 5.41) is 12.8. The summed E-state index contributed by atoms with van der Waals surface area (Å²) in [6.45, 7) is 7.32. The van der Waals surface area contributed by atoms with E-state index in [4.69, 9.17) is 0 Å². The smallest absolute Gasteiger partial charge is 0.131 e. The van der Waals surface area contributed by atoms with Crippen molar-refractivity contribution in [3.8, 4) is 0 Å². The van der Waals surface area contributed by atoms with E-state index in [2.05, 4.69) is 54.0 Å². The van der Waals surface area contributed by atoms with Gasteiger partial charge in [0.2, 0.25) is 0 Å². The second-order valence-electron chi connectivity index (χ2n) is 8.88. The molecule has 0 aliphatic carbocycles. The zero-order chi connectivity index (χ0) is 19.8. The highest BCUT2D eigenvalue weighted by Crippen LogP contribution is 2.47. The predicted octanol–water partition coefficient (Wildman–Crippen LogP) is 4.88. The monoisotopic (exact) mass is 385 g/mol. The van der Waals surface area contributed by atoms with E-state index in [0.717, 1.165) is 47.0 Å². The molecule has 0 spiro atoms. The van der Waals surface area contributed by atoms with Crippen LogP contribution in [0.3, 0.4) is 0 Å². The Hall–Kier alpha value is -2.49. The van der Waals surface area contributed by atoms with Gasteiger partial charge in [0, 0.05) is 35.9 Å².